The molecule has 0 heterocycles. The van der Waals surface area contributed by atoms with Crippen molar-refractivity contribution in [3.63, 3.8) is 0 Å². The number of rotatable bonds is 11. The molecule has 2 N–H and O–H groups in total. The lowest BCUT2D eigenvalue weighted by atomic mass is 9.72. The highest BCUT2D eigenvalue weighted by atomic mass is 16.5. The van der Waals surface area contributed by atoms with Crippen molar-refractivity contribution in [1.29, 1.82) is 0 Å². The van der Waals surface area contributed by atoms with Crippen LogP contribution in [0.3, 0.4) is 0 Å². The van der Waals surface area contributed by atoms with Crippen LogP contribution < -0.4 is 4.74 Å². The zero-order chi connectivity index (χ0) is 21.4. The SMILES string of the molecule is CCCCC[C@@H](O)CC(=O)CCc1ccc(O)c(O[C@H]2CCCC3(CCCC3)C2)c1. The number of phenols is 1. The number of unbranched alkanes of at least 4 members (excludes halogenated alkanes) is 2. The minimum Gasteiger partial charge on any atom is -0.504 e. The first-order valence-electron chi connectivity index (χ1n) is 12.2. The summed E-state index contributed by atoms with van der Waals surface area (Å²) in [5.74, 6) is 0.840. The van der Waals surface area contributed by atoms with Gasteiger partial charge in [-0.2, -0.15) is 0 Å². The van der Waals surface area contributed by atoms with Crippen LogP contribution in [-0.4, -0.2) is 28.2 Å². The normalized spacial score (nSPS) is 21.6. The Bertz CT molecular complexity index is 678. The Hall–Kier alpha value is -1.55. The van der Waals surface area contributed by atoms with E-state index in [9.17, 15) is 15.0 Å². The van der Waals surface area contributed by atoms with E-state index >= 15 is 0 Å². The van der Waals surface area contributed by atoms with Crippen molar-refractivity contribution in [2.75, 3.05) is 0 Å². The van der Waals surface area contributed by atoms with Gasteiger partial charge in [-0.1, -0.05) is 45.1 Å². The van der Waals surface area contributed by atoms with Crippen LogP contribution in [0.5, 0.6) is 11.5 Å². The molecule has 2 fully saturated rings. The third kappa shape index (κ3) is 6.73. The molecule has 1 aromatic carbocycles. The van der Waals surface area contributed by atoms with Gasteiger partial charge in [0.1, 0.15) is 5.78 Å². The first-order chi connectivity index (χ1) is 14.5. The molecule has 0 aromatic heterocycles. The van der Waals surface area contributed by atoms with Crippen LogP contribution in [0.1, 0.15) is 102 Å². The van der Waals surface area contributed by atoms with E-state index in [-0.39, 0.29) is 24.1 Å². The molecule has 2 saturated carbocycles. The summed E-state index contributed by atoms with van der Waals surface area (Å²) in [5, 5.41) is 20.3. The largest absolute Gasteiger partial charge is 0.504 e. The van der Waals surface area contributed by atoms with Crippen molar-refractivity contribution >= 4 is 5.78 Å². The van der Waals surface area contributed by atoms with Crippen LogP contribution in [0.4, 0.5) is 0 Å². The van der Waals surface area contributed by atoms with Gasteiger partial charge in [0, 0.05) is 12.8 Å². The molecule has 0 amide bonds. The highest BCUT2D eigenvalue weighted by molar-refractivity contribution is 5.79. The maximum Gasteiger partial charge on any atom is 0.161 e. The van der Waals surface area contributed by atoms with Crippen LogP contribution in [-0.2, 0) is 11.2 Å². The number of hydrogen-bond acceptors (Lipinski definition) is 4. The standard InChI is InChI=1S/C26H40O4/c1-2-3-4-8-21(27)18-22(28)12-10-20-11-13-24(29)25(17-20)30-23-9-7-16-26(19-23)14-5-6-15-26/h11,13,17,21,23,27,29H,2-10,12,14-16,18-19H2,1H3/t21-,23+/m1/s1. The molecule has 2 atom stereocenters. The fourth-order valence-electron chi connectivity index (χ4n) is 5.44. The van der Waals surface area contributed by atoms with Gasteiger partial charge in [0.2, 0.25) is 0 Å². The summed E-state index contributed by atoms with van der Waals surface area (Å²) in [5.41, 5.74) is 1.48. The number of Topliss-reactive ketones (excluding diaryl/α,β-unsaturated/α-hetero) is 1. The minimum atomic E-state index is -0.517. The second kappa shape index (κ2) is 11.2. The number of phenolic OH excluding ortho intramolecular Hbond substituents is 1. The summed E-state index contributed by atoms with van der Waals surface area (Å²) in [6.45, 7) is 2.13. The zero-order valence-electron chi connectivity index (χ0n) is 18.7. The Balaban J connectivity index is 1.49. The van der Waals surface area contributed by atoms with Crippen molar-refractivity contribution in [3.8, 4) is 11.5 Å². The predicted octanol–water partition coefficient (Wildman–Crippen LogP) is 6.11. The molecule has 0 unspecified atom stereocenters. The average Bonchev–Trinajstić information content (AvgIpc) is 3.16. The molecule has 1 spiro atoms. The highest BCUT2D eigenvalue weighted by Crippen LogP contribution is 2.49. The first kappa shape index (κ1) is 23.1. The summed E-state index contributed by atoms with van der Waals surface area (Å²) in [6.07, 6.45) is 14.9. The number of aliphatic hydroxyl groups excluding tert-OH is 1. The first-order valence-corrected chi connectivity index (χ1v) is 12.2. The van der Waals surface area contributed by atoms with Crippen LogP contribution in [0.2, 0.25) is 0 Å². The number of aromatic hydroxyl groups is 1. The summed E-state index contributed by atoms with van der Waals surface area (Å²) < 4.78 is 6.26. The third-order valence-electron chi connectivity index (χ3n) is 7.17. The molecule has 3 rings (SSSR count). The molecule has 4 nitrogen and oxygen atoms in total. The zero-order valence-corrected chi connectivity index (χ0v) is 18.7. The summed E-state index contributed by atoms with van der Waals surface area (Å²) in [4.78, 5) is 12.2. The molecule has 168 valence electrons. The number of aliphatic hydroxyl groups is 1. The van der Waals surface area contributed by atoms with E-state index in [1.54, 1.807) is 6.07 Å². The van der Waals surface area contributed by atoms with Crippen molar-refractivity contribution in [3.05, 3.63) is 23.8 Å². The van der Waals surface area contributed by atoms with Crippen molar-refractivity contribution in [1.82, 2.24) is 0 Å². The summed E-state index contributed by atoms with van der Waals surface area (Å²) >= 11 is 0. The van der Waals surface area contributed by atoms with Gasteiger partial charge in [0.05, 0.1) is 12.2 Å². The second-order valence-corrected chi connectivity index (χ2v) is 9.74. The Labute approximate surface area is 182 Å². The molecule has 30 heavy (non-hydrogen) atoms. The monoisotopic (exact) mass is 416 g/mol. The van der Waals surface area contributed by atoms with E-state index < -0.39 is 6.10 Å². The van der Waals surface area contributed by atoms with Gasteiger partial charge in [0.15, 0.2) is 11.5 Å². The van der Waals surface area contributed by atoms with E-state index in [0.29, 0.717) is 30.4 Å². The predicted molar refractivity (Wildman–Crippen MR) is 120 cm³/mol. The lowest BCUT2D eigenvalue weighted by molar-refractivity contribution is -0.121. The molecular formula is C26H40O4. The van der Waals surface area contributed by atoms with E-state index in [1.807, 2.05) is 12.1 Å². The van der Waals surface area contributed by atoms with E-state index in [4.69, 9.17) is 4.74 Å². The number of carbonyl (C=O) groups excluding carboxylic acids is 1. The van der Waals surface area contributed by atoms with Crippen molar-refractivity contribution in [2.24, 2.45) is 5.41 Å². The number of benzene rings is 1. The maximum atomic E-state index is 12.2. The van der Waals surface area contributed by atoms with Crippen molar-refractivity contribution < 1.29 is 19.7 Å². The number of ether oxygens (including phenoxy) is 1. The van der Waals surface area contributed by atoms with Gasteiger partial charge in [-0.3, -0.25) is 4.79 Å². The summed E-state index contributed by atoms with van der Waals surface area (Å²) in [7, 11) is 0. The summed E-state index contributed by atoms with van der Waals surface area (Å²) in [6, 6.07) is 5.45. The second-order valence-electron chi connectivity index (χ2n) is 9.74. The van der Waals surface area contributed by atoms with Crippen LogP contribution >= 0.6 is 0 Å². The molecule has 0 radical (unpaired) electrons. The average molecular weight is 417 g/mol. The fourth-order valence-corrected chi connectivity index (χ4v) is 5.44. The topological polar surface area (TPSA) is 66.8 Å². The fraction of sp³-hybridized carbons (Fsp3) is 0.731. The quantitative estimate of drug-likeness (QED) is 0.427. The molecular weight excluding hydrogens is 376 g/mol. The van der Waals surface area contributed by atoms with Gasteiger partial charge in [0.25, 0.3) is 0 Å². The van der Waals surface area contributed by atoms with E-state index in [0.717, 1.165) is 37.7 Å². The molecule has 2 aliphatic rings. The van der Waals surface area contributed by atoms with Gasteiger partial charge in [-0.05, 0) is 74.5 Å². The molecule has 1 aromatic rings. The number of aryl methyl sites for hydroxylation is 1. The lowest BCUT2D eigenvalue weighted by Gasteiger charge is -2.38. The van der Waals surface area contributed by atoms with Crippen LogP contribution in [0, 0.1) is 5.41 Å². The molecule has 0 bridgehead atoms. The van der Waals surface area contributed by atoms with Gasteiger partial charge >= 0.3 is 0 Å². The van der Waals surface area contributed by atoms with Crippen LogP contribution in [0.25, 0.3) is 0 Å². The highest BCUT2D eigenvalue weighted by Gasteiger charge is 2.39. The molecule has 4 heteroatoms. The molecule has 0 aliphatic heterocycles. The lowest BCUT2D eigenvalue weighted by Crippen LogP contribution is -2.32. The van der Waals surface area contributed by atoms with Gasteiger partial charge < -0.3 is 14.9 Å². The number of hydrogen-bond donors (Lipinski definition) is 2. The third-order valence-corrected chi connectivity index (χ3v) is 7.17. The molecule has 0 saturated heterocycles. The smallest absolute Gasteiger partial charge is 0.161 e. The van der Waals surface area contributed by atoms with E-state index in [1.165, 1.54) is 38.5 Å². The Morgan fingerprint density at radius 2 is 1.97 bits per heavy atom. The van der Waals surface area contributed by atoms with Gasteiger partial charge in [-0.15, -0.1) is 0 Å². The number of carbonyl (C=O) groups is 1. The Kier molecular flexibility index (Phi) is 8.61. The van der Waals surface area contributed by atoms with Gasteiger partial charge in [-0.25, -0.2) is 0 Å². The molecule has 2 aliphatic carbocycles. The minimum absolute atomic E-state index is 0.102. The maximum absolute atomic E-state index is 12.2. The van der Waals surface area contributed by atoms with E-state index in [2.05, 4.69) is 6.92 Å². The van der Waals surface area contributed by atoms with Crippen molar-refractivity contribution in [2.45, 2.75) is 115 Å². The number of ketones is 1. The van der Waals surface area contributed by atoms with Crippen LogP contribution in [0.15, 0.2) is 18.2 Å². The Morgan fingerprint density at radius 3 is 2.73 bits per heavy atom. The Morgan fingerprint density at radius 1 is 1.20 bits per heavy atom.